The number of rotatable bonds is 7. The number of ether oxygens (including phenoxy) is 1. The lowest BCUT2D eigenvalue weighted by atomic mass is 9.77. The molecule has 0 aromatic heterocycles. The summed E-state index contributed by atoms with van der Waals surface area (Å²) in [6.45, 7) is 3.08. The van der Waals surface area contributed by atoms with Crippen molar-refractivity contribution in [2.75, 3.05) is 13.7 Å². The van der Waals surface area contributed by atoms with Crippen molar-refractivity contribution in [1.82, 2.24) is 0 Å². The highest BCUT2D eigenvalue weighted by Gasteiger charge is 2.26. The molecule has 0 aliphatic heterocycles. The van der Waals surface area contributed by atoms with Gasteiger partial charge in [-0.05, 0) is 104 Å². The van der Waals surface area contributed by atoms with Crippen LogP contribution >= 0.6 is 0 Å². The Morgan fingerprint density at radius 1 is 0.781 bits per heavy atom. The SMILES string of the molecule is CCCC1CCC(c2cc(F)c(-c3ccc(C4CCC(COC)CC4)cc3)cc2F)CC1. The zero-order chi connectivity index (χ0) is 22.5. The highest BCUT2D eigenvalue weighted by atomic mass is 19.1. The first kappa shape index (κ1) is 23.4. The molecule has 0 atom stereocenters. The van der Waals surface area contributed by atoms with Crippen molar-refractivity contribution < 1.29 is 13.5 Å². The number of methoxy groups -OCH3 is 1. The molecule has 2 aromatic rings. The largest absolute Gasteiger partial charge is 0.384 e. The number of benzene rings is 2. The summed E-state index contributed by atoms with van der Waals surface area (Å²) in [6, 6.07) is 11.0. The molecule has 0 radical (unpaired) electrons. The monoisotopic (exact) mass is 440 g/mol. The standard InChI is InChI=1S/C29H38F2O/c1-3-4-20-5-11-24(12-6-20)26-17-29(31)27(18-28(26)30)25-15-13-23(14-16-25)22-9-7-21(8-10-22)19-32-2/h13-18,20-22,24H,3-12,19H2,1-2H3. The maximum absolute atomic E-state index is 15.1. The van der Waals surface area contributed by atoms with E-state index in [1.165, 1.54) is 56.2 Å². The third-order valence-corrected chi connectivity index (χ3v) is 8.01. The molecule has 2 aliphatic rings. The molecular weight excluding hydrogens is 402 g/mol. The Bertz CT molecular complexity index is 859. The van der Waals surface area contributed by atoms with Gasteiger partial charge in [-0.15, -0.1) is 0 Å². The minimum Gasteiger partial charge on any atom is -0.384 e. The third-order valence-electron chi connectivity index (χ3n) is 8.01. The Labute approximate surface area is 192 Å². The van der Waals surface area contributed by atoms with E-state index in [-0.39, 0.29) is 17.6 Å². The van der Waals surface area contributed by atoms with E-state index in [1.54, 1.807) is 7.11 Å². The molecule has 3 heteroatoms. The average molecular weight is 441 g/mol. The van der Waals surface area contributed by atoms with Crippen molar-refractivity contribution in [3.63, 3.8) is 0 Å². The molecule has 0 amide bonds. The lowest BCUT2D eigenvalue weighted by molar-refractivity contribution is 0.127. The minimum atomic E-state index is -0.301. The van der Waals surface area contributed by atoms with E-state index < -0.39 is 0 Å². The van der Waals surface area contributed by atoms with Crippen molar-refractivity contribution in [3.8, 4) is 11.1 Å². The van der Waals surface area contributed by atoms with Crippen LogP contribution in [0.15, 0.2) is 36.4 Å². The van der Waals surface area contributed by atoms with Gasteiger partial charge in [0, 0.05) is 19.3 Å². The first-order valence-corrected chi connectivity index (χ1v) is 12.7. The van der Waals surface area contributed by atoms with Crippen molar-refractivity contribution in [2.24, 2.45) is 11.8 Å². The molecule has 0 bridgehead atoms. The molecule has 174 valence electrons. The van der Waals surface area contributed by atoms with Gasteiger partial charge >= 0.3 is 0 Å². The van der Waals surface area contributed by atoms with Crippen LogP contribution in [-0.4, -0.2) is 13.7 Å². The Kier molecular flexibility index (Phi) is 7.99. The summed E-state index contributed by atoms with van der Waals surface area (Å²) in [5.74, 6) is 1.60. The van der Waals surface area contributed by atoms with Crippen LogP contribution in [0.5, 0.6) is 0 Å². The summed E-state index contributed by atoms with van der Waals surface area (Å²) in [5, 5.41) is 0. The predicted molar refractivity (Wildman–Crippen MR) is 128 cm³/mol. The predicted octanol–water partition coefficient (Wildman–Crippen LogP) is 8.63. The molecule has 4 rings (SSSR count). The Hall–Kier alpha value is -1.74. The lowest BCUT2D eigenvalue weighted by Crippen LogP contribution is -2.17. The van der Waals surface area contributed by atoms with Crippen LogP contribution in [0.1, 0.15) is 94.1 Å². The van der Waals surface area contributed by atoms with Crippen LogP contribution in [0.2, 0.25) is 0 Å². The normalized spacial score (nSPS) is 26.2. The van der Waals surface area contributed by atoms with E-state index in [0.717, 1.165) is 43.8 Å². The van der Waals surface area contributed by atoms with Crippen molar-refractivity contribution in [3.05, 3.63) is 59.2 Å². The summed E-state index contributed by atoms with van der Waals surface area (Å²) in [6.07, 6.45) is 11.4. The maximum atomic E-state index is 15.1. The van der Waals surface area contributed by atoms with Gasteiger partial charge in [0.1, 0.15) is 11.6 Å². The molecule has 1 nitrogen and oxygen atoms in total. The zero-order valence-corrected chi connectivity index (χ0v) is 19.7. The highest BCUT2D eigenvalue weighted by Crippen LogP contribution is 2.40. The Morgan fingerprint density at radius 3 is 2.03 bits per heavy atom. The smallest absolute Gasteiger partial charge is 0.131 e. The van der Waals surface area contributed by atoms with Gasteiger partial charge in [0.2, 0.25) is 0 Å². The van der Waals surface area contributed by atoms with Gasteiger partial charge in [0.25, 0.3) is 0 Å². The number of hydrogen-bond donors (Lipinski definition) is 0. The van der Waals surface area contributed by atoms with Gasteiger partial charge in [-0.1, -0.05) is 44.0 Å². The summed E-state index contributed by atoms with van der Waals surface area (Å²) >= 11 is 0. The quantitative estimate of drug-likeness (QED) is 0.419. The third kappa shape index (κ3) is 5.42. The zero-order valence-electron chi connectivity index (χ0n) is 19.7. The van der Waals surface area contributed by atoms with Gasteiger partial charge in [-0.25, -0.2) is 8.78 Å². The Balaban J connectivity index is 1.43. The fraction of sp³-hybridized carbons (Fsp3) is 0.586. The van der Waals surface area contributed by atoms with E-state index in [2.05, 4.69) is 19.1 Å². The molecule has 2 aromatic carbocycles. The average Bonchev–Trinajstić information content (AvgIpc) is 2.82. The molecule has 0 unspecified atom stereocenters. The van der Waals surface area contributed by atoms with Gasteiger partial charge in [-0.3, -0.25) is 0 Å². The van der Waals surface area contributed by atoms with Crippen LogP contribution in [-0.2, 0) is 4.74 Å². The topological polar surface area (TPSA) is 9.23 Å². The summed E-state index contributed by atoms with van der Waals surface area (Å²) in [4.78, 5) is 0. The fourth-order valence-corrected chi connectivity index (χ4v) is 6.10. The van der Waals surface area contributed by atoms with E-state index in [0.29, 0.717) is 23.0 Å². The van der Waals surface area contributed by atoms with Crippen LogP contribution in [0.3, 0.4) is 0 Å². The molecule has 2 saturated carbocycles. The van der Waals surface area contributed by atoms with Gasteiger partial charge in [0.05, 0.1) is 0 Å². The van der Waals surface area contributed by atoms with Crippen molar-refractivity contribution >= 4 is 0 Å². The second-order valence-electron chi connectivity index (χ2n) is 10.2. The molecule has 0 saturated heterocycles. The Morgan fingerprint density at radius 2 is 1.41 bits per heavy atom. The van der Waals surface area contributed by atoms with Crippen LogP contribution in [0.25, 0.3) is 11.1 Å². The highest BCUT2D eigenvalue weighted by molar-refractivity contribution is 5.65. The molecule has 0 heterocycles. The number of hydrogen-bond acceptors (Lipinski definition) is 1. The molecule has 2 fully saturated rings. The molecule has 0 N–H and O–H groups in total. The van der Waals surface area contributed by atoms with Crippen molar-refractivity contribution in [1.29, 1.82) is 0 Å². The van der Waals surface area contributed by atoms with Gasteiger partial charge in [-0.2, -0.15) is 0 Å². The fourth-order valence-electron chi connectivity index (χ4n) is 6.10. The summed E-state index contributed by atoms with van der Waals surface area (Å²) in [7, 11) is 1.78. The minimum absolute atomic E-state index is 0.155. The van der Waals surface area contributed by atoms with E-state index in [1.807, 2.05) is 12.1 Å². The van der Waals surface area contributed by atoms with Crippen LogP contribution < -0.4 is 0 Å². The number of halogens is 2. The summed E-state index contributed by atoms with van der Waals surface area (Å²) in [5.41, 5.74) is 3.02. The van der Waals surface area contributed by atoms with Gasteiger partial charge in [0.15, 0.2) is 0 Å². The molecule has 32 heavy (non-hydrogen) atoms. The van der Waals surface area contributed by atoms with Gasteiger partial charge < -0.3 is 4.74 Å². The molecule has 0 spiro atoms. The van der Waals surface area contributed by atoms with Crippen molar-refractivity contribution in [2.45, 2.75) is 83.0 Å². The molecular formula is C29H38F2O. The summed E-state index contributed by atoms with van der Waals surface area (Å²) < 4.78 is 35.4. The first-order valence-electron chi connectivity index (χ1n) is 12.7. The second kappa shape index (κ2) is 10.9. The van der Waals surface area contributed by atoms with E-state index in [4.69, 9.17) is 4.74 Å². The second-order valence-corrected chi connectivity index (χ2v) is 10.2. The maximum Gasteiger partial charge on any atom is 0.131 e. The van der Waals surface area contributed by atoms with Crippen LogP contribution in [0.4, 0.5) is 8.78 Å². The first-order chi connectivity index (χ1) is 15.6. The van der Waals surface area contributed by atoms with E-state index in [9.17, 15) is 0 Å². The molecule has 2 aliphatic carbocycles. The van der Waals surface area contributed by atoms with Crippen LogP contribution in [0, 0.1) is 23.5 Å². The lowest BCUT2D eigenvalue weighted by Gasteiger charge is -2.29. The van der Waals surface area contributed by atoms with E-state index >= 15 is 8.78 Å².